The second-order valence-corrected chi connectivity index (χ2v) is 23.1. The Morgan fingerprint density at radius 3 is 0.744 bits per heavy atom. The van der Waals surface area contributed by atoms with Crippen molar-refractivity contribution in [2.45, 2.75) is 281 Å². The number of nitrogens with two attached hydrogens (primary N) is 7. The van der Waals surface area contributed by atoms with Gasteiger partial charge in [0.2, 0.25) is 53.2 Å². The molecule has 0 aromatic rings. The van der Waals surface area contributed by atoms with Crippen molar-refractivity contribution < 1.29 is 43.2 Å². The first-order chi connectivity index (χ1) is 41.6. The molecule has 0 aliphatic carbocycles. The van der Waals surface area contributed by atoms with Crippen LogP contribution in [0.5, 0.6) is 0 Å². The number of hydrogen-bond acceptors (Lipinski definition) is 15. The Hall–Kier alpha value is -5.01. The summed E-state index contributed by atoms with van der Waals surface area (Å²) in [6.45, 7) is 4.66. The van der Waals surface area contributed by atoms with E-state index in [2.05, 4.69) is 42.5 Å². The highest BCUT2D eigenvalue weighted by molar-refractivity contribution is 5.89. The lowest BCUT2D eigenvalue weighted by Gasteiger charge is -2.19. The number of carbonyl (C=O) groups excluding carboxylic acids is 9. The molecule has 0 fully saturated rings. The Labute approximate surface area is 516 Å². The molecule has 0 rings (SSSR count). The molecule has 0 saturated carbocycles. The minimum absolute atomic E-state index is 0.128. The van der Waals surface area contributed by atoms with E-state index in [-0.39, 0.29) is 47.3 Å². The van der Waals surface area contributed by atoms with Crippen molar-refractivity contribution >= 4 is 53.2 Å². The highest BCUT2D eigenvalue weighted by atomic mass is 16.2. The van der Waals surface area contributed by atoms with Gasteiger partial charge in [0.15, 0.2) is 0 Å². The summed E-state index contributed by atoms with van der Waals surface area (Å²) in [5, 5.41) is 23.4. The summed E-state index contributed by atoms with van der Waals surface area (Å²) in [5.41, 5.74) is 39.5. The van der Waals surface area contributed by atoms with Crippen LogP contribution >= 0.6 is 0 Å². The molecule has 24 heteroatoms. The monoisotopic (exact) mass is 1220 g/mol. The molecular weight excluding hydrogens is 1100 g/mol. The van der Waals surface area contributed by atoms with Crippen LogP contribution in [0.4, 0.5) is 0 Å². The largest absolute Gasteiger partial charge is 0.368 e. The van der Waals surface area contributed by atoms with Crippen LogP contribution in [0, 0.1) is 0 Å². The molecule has 0 bridgehead atoms. The Morgan fingerprint density at radius 1 is 0.256 bits per heavy atom. The van der Waals surface area contributed by atoms with Gasteiger partial charge in [0.05, 0.1) is 6.04 Å². The maximum Gasteiger partial charge on any atom is 0.242 e. The third kappa shape index (κ3) is 48.1. The van der Waals surface area contributed by atoms with E-state index >= 15 is 0 Å². The summed E-state index contributed by atoms with van der Waals surface area (Å²) in [7, 11) is 0. The molecule has 22 N–H and O–H groups in total. The van der Waals surface area contributed by atoms with Crippen LogP contribution in [0.3, 0.4) is 0 Å². The van der Waals surface area contributed by atoms with E-state index in [0.29, 0.717) is 149 Å². The lowest BCUT2D eigenvalue weighted by atomic mass is 10.1. The topological polar surface area (TPSA) is 432 Å². The Bertz CT molecular complexity index is 1800. The molecule has 5 unspecified atom stereocenters. The fourth-order valence-corrected chi connectivity index (χ4v) is 9.88. The van der Waals surface area contributed by atoms with Crippen LogP contribution in [-0.4, -0.2) is 142 Å². The molecular formula is C62H123N15O9. The highest BCUT2D eigenvalue weighted by Crippen LogP contribution is 2.12. The van der Waals surface area contributed by atoms with E-state index in [9.17, 15) is 43.2 Å². The smallest absolute Gasteiger partial charge is 0.242 e. The molecule has 0 aliphatic heterocycles. The first kappa shape index (κ1) is 81.0. The summed E-state index contributed by atoms with van der Waals surface area (Å²) in [6.07, 6.45) is 27.9. The first-order valence-corrected chi connectivity index (χ1v) is 33.5. The number of carbonyl (C=O) groups is 9. The van der Waals surface area contributed by atoms with Crippen molar-refractivity contribution in [3.63, 3.8) is 0 Å². The van der Waals surface area contributed by atoms with Crippen LogP contribution in [0.1, 0.15) is 250 Å². The lowest BCUT2D eigenvalue weighted by molar-refractivity contribution is -0.129. The second kappa shape index (κ2) is 57.7. The van der Waals surface area contributed by atoms with Crippen molar-refractivity contribution in [2.24, 2.45) is 40.1 Å². The van der Waals surface area contributed by atoms with E-state index < -0.39 is 36.1 Å². The molecule has 5 atom stereocenters. The van der Waals surface area contributed by atoms with Crippen LogP contribution in [-0.2, 0) is 43.2 Å². The number of amides is 9. The number of primary amides is 1. The van der Waals surface area contributed by atoms with Gasteiger partial charge in [0, 0.05) is 51.9 Å². The van der Waals surface area contributed by atoms with Gasteiger partial charge >= 0.3 is 0 Å². The van der Waals surface area contributed by atoms with Crippen LogP contribution in [0.15, 0.2) is 0 Å². The molecule has 24 nitrogen and oxygen atoms in total. The first-order valence-electron chi connectivity index (χ1n) is 33.5. The summed E-state index contributed by atoms with van der Waals surface area (Å²) in [4.78, 5) is 114. The summed E-state index contributed by atoms with van der Waals surface area (Å²) < 4.78 is 0. The van der Waals surface area contributed by atoms with Crippen molar-refractivity contribution in [2.75, 3.05) is 58.9 Å². The van der Waals surface area contributed by atoms with Crippen molar-refractivity contribution in [3.05, 3.63) is 0 Å². The van der Waals surface area contributed by atoms with Gasteiger partial charge in [-0.1, -0.05) is 83.5 Å². The van der Waals surface area contributed by atoms with E-state index in [1.165, 1.54) is 0 Å². The molecule has 0 aromatic carbocycles. The average Bonchev–Trinajstić information content (AvgIpc) is 3.54. The predicted octanol–water partition coefficient (Wildman–Crippen LogP) is 3.21. The minimum atomic E-state index is -0.675. The molecule has 0 aromatic heterocycles. The Balaban J connectivity index is 4.48. The molecule has 0 aliphatic rings. The number of rotatable bonds is 61. The summed E-state index contributed by atoms with van der Waals surface area (Å²) in [5.74, 6) is -1.94. The maximum absolute atomic E-state index is 13.2. The van der Waals surface area contributed by atoms with Gasteiger partial charge in [-0.3, -0.25) is 43.2 Å². The van der Waals surface area contributed by atoms with Crippen LogP contribution in [0.25, 0.3) is 0 Å². The van der Waals surface area contributed by atoms with Crippen molar-refractivity contribution in [1.82, 2.24) is 42.5 Å². The molecule has 0 heterocycles. The lowest BCUT2D eigenvalue weighted by Crippen LogP contribution is -2.47. The van der Waals surface area contributed by atoms with E-state index in [4.69, 9.17) is 40.1 Å². The third-order valence-electron chi connectivity index (χ3n) is 15.2. The Kier molecular flexibility index (Phi) is 54.4. The zero-order valence-corrected chi connectivity index (χ0v) is 53.0. The standard InChI is InChI=1S/C62H123N15O9/c63-40-22-17-31-49(68)59(83)70-45-27-9-1-6-14-37-55(79)75-51(33-19-24-42-65)61(85)72-47-29-11-3-8-16-39-57(81)77-53(35-21-26-44-67)62(86)73-48-30-12-4-7-15-38-56(80)76-52(34-20-25-43-66)60(84)71-46-28-10-2-5-13-36-54(78)74-50(58(69)82)32-18-23-41-64/h49-53H,1-48,63-68H2,(H2,69,82)(H,70,83)(H,71,84)(H,72,85)(H,73,86)(H,74,78)(H,75,79)(H,76,80)(H,77,81). The molecule has 0 saturated heterocycles. The zero-order valence-electron chi connectivity index (χ0n) is 53.0. The second-order valence-electron chi connectivity index (χ2n) is 23.1. The minimum Gasteiger partial charge on any atom is -0.368 e. The quantitative estimate of drug-likeness (QED) is 0.0389. The Morgan fingerprint density at radius 2 is 0.477 bits per heavy atom. The average molecular weight is 1220 g/mol. The van der Waals surface area contributed by atoms with Crippen molar-refractivity contribution in [1.29, 1.82) is 0 Å². The fourth-order valence-electron chi connectivity index (χ4n) is 9.88. The molecule has 9 amide bonds. The van der Waals surface area contributed by atoms with E-state index in [1.807, 2.05) is 0 Å². The van der Waals surface area contributed by atoms with Gasteiger partial charge in [-0.15, -0.1) is 0 Å². The zero-order chi connectivity index (χ0) is 63.7. The normalized spacial score (nSPS) is 12.9. The molecule has 0 radical (unpaired) electrons. The van der Waals surface area contributed by atoms with Gasteiger partial charge in [0.25, 0.3) is 0 Å². The molecule has 86 heavy (non-hydrogen) atoms. The van der Waals surface area contributed by atoms with E-state index in [1.54, 1.807) is 0 Å². The highest BCUT2D eigenvalue weighted by Gasteiger charge is 2.23. The number of nitrogens with one attached hydrogen (secondary N) is 8. The summed E-state index contributed by atoms with van der Waals surface area (Å²) >= 11 is 0. The van der Waals surface area contributed by atoms with Gasteiger partial charge < -0.3 is 82.7 Å². The summed E-state index contributed by atoms with van der Waals surface area (Å²) in [6, 6.07) is -3.06. The van der Waals surface area contributed by atoms with Gasteiger partial charge in [-0.2, -0.15) is 0 Å². The maximum atomic E-state index is 13.2. The van der Waals surface area contributed by atoms with Crippen LogP contribution in [0.2, 0.25) is 0 Å². The van der Waals surface area contributed by atoms with Crippen LogP contribution < -0.4 is 82.7 Å². The third-order valence-corrected chi connectivity index (χ3v) is 15.2. The molecule has 0 spiro atoms. The number of unbranched alkanes of at least 4 members (excludes halogenated alkanes) is 21. The fraction of sp³-hybridized carbons (Fsp3) is 0.855. The van der Waals surface area contributed by atoms with E-state index in [0.717, 1.165) is 161 Å². The van der Waals surface area contributed by atoms with Gasteiger partial charge in [0.1, 0.15) is 24.2 Å². The van der Waals surface area contributed by atoms with Gasteiger partial charge in [-0.25, -0.2) is 0 Å². The predicted molar refractivity (Wildman–Crippen MR) is 342 cm³/mol. The number of hydrogen-bond donors (Lipinski definition) is 15. The SMILES string of the molecule is NCCCCC(N)C(=O)NCCCCCCCC(=O)NC(CCCCN)C(=O)NCCCCCCCC(=O)NC(CCCCN)C(=O)NCCCCCCCC(=O)NC(CCCCN)C(=O)NCCCCCCCC(=O)NC(CCCCN)C(N)=O. The van der Waals surface area contributed by atoms with Gasteiger partial charge in [-0.05, 0) is 174 Å². The molecule has 500 valence electrons. The van der Waals surface area contributed by atoms with Crippen molar-refractivity contribution in [3.8, 4) is 0 Å².